The molecule has 0 aromatic heterocycles. The number of rotatable bonds is 7. The van der Waals surface area contributed by atoms with E-state index in [1.807, 2.05) is 24.3 Å². The van der Waals surface area contributed by atoms with Crippen LogP contribution in [0.4, 0.5) is 0 Å². The summed E-state index contributed by atoms with van der Waals surface area (Å²) in [5, 5.41) is 2.81. The lowest BCUT2D eigenvalue weighted by Gasteiger charge is -2.08. The maximum absolute atomic E-state index is 12.2. The van der Waals surface area contributed by atoms with Gasteiger partial charge in [-0.3, -0.25) is 4.79 Å². The molecular weight excluding hydrogens is 340 g/mol. The van der Waals surface area contributed by atoms with E-state index in [2.05, 4.69) is 10.0 Å². The van der Waals surface area contributed by atoms with E-state index in [0.29, 0.717) is 12.1 Å². The monoisotopic (exact) mass is 360 g/mol. The minimum Gasteiger partial charge on any atom is -0.497 e. The van der Waals surface area contributed by atoms with Crippen LogP contribution >= 0.6 is 0 Å². The fraction of sp³-hybridized carbons (Fsp3) is 0.278. The highest BCUT2D eigenvalue weighted by molar-refractivity contribution is 7.89. The minimum atomic E-state index is -3.50. The zero-order valence-corrected chi connectivity index (χ0v) is 14.7. The Kier molecular flexibility index (Phi) is 5.06. The summed E-state index contributed by atoms with van der Waals surface area (Å²) in [5.74, 6) is 0.464. The van der Waals surface area contributed by atoms with Gasteiger partial charge in [-0.25, -0.2) is 13.1 Å². The first-order chi connectivity index (χ1) is 12.0. The quantitative estimate of drug-likeness (QED) is 0.792. The number of hydrogen-bond acceptors (Lipinski definition) is 4. The molecule has 1 amide bonds. The molecule has 0 heterocycles. The second-order valence-electron chi connectivity index (χ2n) is 5.95. The second kappa shape index (κ2) is 7.25. The van der Waals surface area contributed by atoms with Crippen molar-refractivity contribution in [3.63, 3.8) is 0 Å². The molecule has 0 radical (unpaired) electrons. The van der Waals surface area contributed by atoms with Gasteiger partial charge >= 0.3 is 0 Å². The van der Waals surface area contributed by atoms with Crippen LogP contribution in [0.25, 0.3) is 0 Å². The summed E-state index contributed by atoms with van der Waals surface area (Å²) in [7, 11) is -1.91. The summed E-state index contributed by atoms with van der Waals surface area (Å²) in [6.45, 7) is 0.360. The van der Waals surface area contributed by atoms with Crippen LogP contribution < -0.4 is 14.8 Å². The number of benzene rings is 2. The molecule has 1 aliphatic carbocycles. The third-order valence-corrected chi connectivity index (χ3v) is 5.45. The number of carbonyl (C=O) groups excluding carboxylic acids is 1. The Morgan fingerprint density at radius 2 is 1.88 bits per heavy atom. The molecule has 2 aromatic rings. The normalized spacial score (nSPS) is 14.1. The van der Waals surface area contributed by atoms with E-state index in [1.54, 1.807) is 7.11 Å². The third-order valence-electron chi connectivity index (χ3n) is 3.91. The van der Waals surface area contributed by atoms with Crippen molar-refractivity contribution in [2.45, 2.75) is 30.3 Å². The smallest absolute Gasteiger partial charge is 0.251 e. The van der Waals surface area contributed by atoms with Gasteiger partial charge in [0.15, 0.2) is 0 Å². The van der Waals surface area contributed by atoms with Crippen LogP contribution in [0.2, 0.25) is 0 Å². The van der Waals surface area contributed by atoms with Gasteiger partial charge in [-0.2, -0.15) is 0 Å². The first-order valence-electron chi connectivity index (χ1n) is 8.01. The van der Waals surface area contributed by atoms with Crippen LogP contribution in [-0.2, 0) is 16.6 Å². The van der Waals surface area contributed by atoms with Crippen molar-refractivity contribution in [2.75, 3.05) is 7.11 Å². The Bertz CT molecular complexity index is 859. The summed E-state index contributed by atoms with van der Waals surface area (Å²) < 4.78 is 32.0. The van der Waals surface area contributed by atoms with Crippen molar-refractivity contribution in [1.29, 1.82) is 0 Å². The molecule has 25 heavy (non-hydrogen) atoms. The molecule has 3 rings (SSSR count). The largest absolute Gasteiger partial charge is 0.497 e. The van der Waals surface area contributed by atoms with E-state index >= 15 is 0 Å². The SMILES string of the molecule is COc1cccc(CNC(=O)c2ccc(S(=O)(=O)NC3CC3)cc2)c1. The van der Waals surface area contributed by atoms with E-state index in [-0.39, 0.29) is 16.8 Å². The fourth-order valence-corrected chi connectivity index (χ4v) is 3.65. The first-order valence-corrected chi connectivity index (χ1v) is 9.50. The predicted octanol–water partition coefficient (Wildman–Crippen LogP) is 2.07. The van der Waals surface area contributed by atoms with Gasteiger partial charge in [-0.15, -0.1) is 0 Å². The van der Waals surface area contributed by atoms with Gasteiger partial charge in [0.1, 0.15) is 5.75 Å². The van der Waals surface area contributed by atoms with E-state index in [4.69, 9.17) is 4.74 Å². The topological polar surface area (TPSA) is 84.5 Å². The van der Waals surface area contributed by atoms with Crippen LogP contribution in [0.1, 0.15) is 28.8 Å². The molecule has 0 bridgehead atoms. The lowest BCUT2D eigenvalue weighted by Crippen LogP contribution is -2.26. The van der Waals surface area contributed by atoms with Gasteiger partial charge in [0, 0.05) is 18.2 Å². The molecule has 1 aliphatic rings. The van der Waals surface area contributed by atoms with Crippen LogP contribution in [0.15, 0.2) is 53.4 Å². The molecule has 6 nitrogen and oxygen atoms in total. The Morgan fingerprint density at radius 1 is 1.16 bits per heavy atom. The first kappa shape index (κ1) is 17.4. The predicted molar refractivity (Wildman–Crippen MR) is 93.9 cm³/mol. The average Bonchev–Trinajstić information content (AvgIpc) is 3.43. The van der Waals surface area contributed by atoms with Gasteiger partial charge in [0.2, 0.25) is 10.0 Å². The zero-order chi connectivity index (χ0) is 17.9. The summed E-state index contributed by atoms with van der Waals surface area (Å²) in [6, 6.07) is 13.4. The Labute approximate surface area is 147 Å². The van der Waals surface area contributed by atoms with Gasteiger partial charge in [0.25, 0.3) is 5.91 Å². The number of nitrogens with one attached hydrogen (secondary N) is 2. The zero-order valence-electron chi connectivity index (χ0n) is 13.9. The van der Waals surface area contributed by atoms with Crippen molar-refractivity contribution >= 4 is 15.9 Å². The van der Waals surface area contributed by atoms with Crippen molar-refractivity contribution in [3.05, 3.63) is 59.7 Å². The van der Waals surface area contributed by atoms with Gasteiger partial charge in [0.05, 0.1) is 12.0 Å². The summed E-state index contributed by atoms with van der Waals surface area (Å²) >= 11 is 0. The second-order valence-corrected chi connectivity index (χ2v) is 7.67. The van der Waals surface area contributed by atoms with Gasteiger partial charge < -0.3 is 10.1 Å². The molecule has 7 heteroatoms. The number of ether oxygens (including phenoxy) is 1. The number of carbonyl (C=O) groups is 1. The lowest BCUT2D eigenvalue weighted by molar-refractivity contribution is 0.0950. The standard InChI is InChI=1S/C18H20N2O4S/c1-24-16-4-2-3-13(11-16)12-19-18(21)14-5-9-17(10-6-14)25(22,23)20-15-7-8-15/h2-6,9-11,15,20H,7-8,12H2,1H3,(H,19,21). The molecule has 0 spiro atoms. The highest BCUT2D eigenvalue weighted by Crippen LogP contribution is 2.22. The van der Waals surface area contributed by atoms with Gasteiger partial charge in [-0.1, -0.05) is 12.1 Å². The molecule has 0 unspecified atom stereocenters. The van der Waals surface area contributed by atoms with Crippen LogP contribution in [0.5, 0.6) is 5.75 Å². The van der Waals surface area contributed by atoms with E-state index in [9.17, 15) is 13.2 Å². The number of hydrogen-bond donors (Lipinski definition) is 2. The molecule has 1 fully saturated rings. The summed E-state index contributed by atoms with van der Waals surface area (Å²) in [4.78, 5) is 12.4. The van der Waals surface area contributed by atoms with Crippen LogP contribution in [-0.4, -0.2) is 27.5 Å². The molecule has 0 atom stereocenters. The van der Waals surface area contributed by atoms with Crippen molar-refractivity contribution in [2.24, 2.45) is 0 Å². The highest BCUT2D eigenvalue weighted by Gasteiger charge is 2.27. The number of amides is 1. The third kappa shape index (κ3) is 4.58. The van der Waals surface area contributed by atoms with E-state index < -0.39 is 10.0 Å². The van der Waals surface area contributed by atoms with E-state index in [0.717, 1.165) is 24.2 Å². The molecule has 2 aromatic carbocycles. The number of sulfonamides is 1. The van der Waals surface area contributed by atoms with Gasteiger partial charge in [-0.05, 0) is 54.8 Å². The Hall–Kier alpha value is -2.38. The Morgan fingerprint density at radius 3 is 2.52 bits per heavy atom. The van der Waals surface area contributed by atoms with Crippen LogP contribution in [0.3, 0.4) is 0 Å². The average molecular weight is 360 g/mol. The van der Waals surface area contributed by atoms with Crippen molar-refractivity contribution in [3.8, 4) is 5.75 Å². The maximum atomic E-state index is 12.2. The lowest BCUT2D eigenvalue weighted by atomic mass is 10.2. The minimum absolute atomic E-state index is 0.0517. The highest BCUT2D eigenvalue weighted by atomic mass is 32.2. The van der Waals surface area contributed by atoms with Crippen LogP contribution in [0, 0.1) is 0 Å². The fourth-order valence-electron chi connectivity index (χ4n) is 2.34. The molecule has 132 valence electrons. The molecule has 0 saturated heterocycles. The molecule has 0 aliphatic heterocycles. The molecule has 2 N–H and O–H groups in total. The maximum Gasteiger partial charge on any atom is 0.251 e. The number of methoxy groups -OCH3 is 1. The van der Waals surface area contributed by atoms with Crippen molar-refractivity contribution in [1.82, 2.24) is 10.0 Å². The molecular formula is C18H20N2O4S. The van der Waals surface area contributed by atoms with E-state index in [1.165, 1.54) is 24.3 Å². The molecule has 1 saturated carbocycles. The Balaban J connectivity index is 1.62. The summed E-state index contributed by atoms with van der Waals surface area (Å²) in [5.41, 5.74) is 1.33. The summed E-state index contributed by atoms with van der Waals surface area (Å²) in [6.07, 6.45) is 1.76. The van der Waals surface area contributed by atoms with Crippen molar-refractivity contribution < 1.29 is 17.9 Å².